The second-order valence-electron chi connectivity index (χ2n) is 8.22. The van der Waals surface area contributed by atoms with Gasteiger partial charge in [0.15, 0.2) is 0 Å². The minimum absolute atomic E-state index is 0.211. The molecule has 2 aromatic heterocycles. The van der Waals surface area contributed by atoms with Gasteiger partial charge < -0.3 is 9.47 Å². The lowest BCUT2D eigenvalue weighted by molar-refractivity contribution is 0.132. The third-order valence-corrected chi connectivity index (χ3v) is 6.04. The summed E-state index contributed by atoms with van der Waals surface area (Å²) in [4.78, 5) is 17.8. The Morgan fingerprint density at radius 2 is 1.90 bits per heavy atom. The molecule has 0 saturated heterocycles. The fraction of sp³-hybridized carbons (Fsp3) is 0.417. The molecule has 1 fully saturated rings. The van der Waals surface area contributed by atoms with E-state index in [2.05, 4.69) is 32.1 Å². The Labute approximate surface area is 176 Å². The van der Waals surface area contributed by atoms with Crippen LogP contribution in [0.3, 0.4) is 0 Å². The third kappa shape index (κ3) is 4.13. The van der Waals surface area contributed by atoms with Crippen LogP contribution in [-0.4, -0.2) is 32.6 Å². The molecule has 1 aromatic carbocycles. The zero-order chi connectivity index (χ0) is 20.3. The van der Waals surface area contributed by atoms with Gasteiger partial charge in [-0.25, -0.2) is 15.0 Å². The number of ether oxygens (including phenoxy) is 2. The molecule has 0 unspecified atom stereocenters. The Morgan fingerprint density at radius 1 is 1.03 bits per heavy atom. The number of aromatic nitrogens is 4. The van der Waals surface area contributed by atoms with Crippen molar-refractivity contribution in [2.75, 3.05) is 6.61 Å². The molecule has 3 aromatic rings. The predicted octanol–water partition coefficient (Wildman–Crippen LogP) is 4.67. The van der Waals surface area contributed by atoms with E-state index >= 15 is 0 Å². The summed E-state index contributed by atoms with van der Waals surface area (Å²) in [5, 5.41) is 0. The van der Waals surface area contributed by atoms with Crippen molar-refractivity contribution in [3.63, 3.8) is 0 Å². The fourth-order valence-corrected chi connectivity index (χ4v) is 4.47. The summed E-state index contributed by atoms with van der Waals surface area (Å²) in [6.07, 6.45) is 13.7. The molecule has 0 spiro atoms. The summed E-state index contributed by atoms with van der Waals surface area (Å²) >= 11 is 0. The van der Waals surface area contributed by atoms with E-state index < -0.39 is 0 Å². The van der Waals surface area contributed by atoms with E-state index in [1.807, 2.05) is 25.4 Å². The van der Waals surface area contributed by atoms with E-state index in [0.717, 1.165) is 79.0 Å². The molecule has 0 radical (unpaired) electrons. The third-order valence-electron chi connectivity index (χ3n) is 6.04. The van der Waals surface area contributed by atoms with E-state index in [-0.39, 0.29) is 6.10 Å². The van der Waals surface area contributed by atoms with Gasteiger partial charge in [-0.2, -0.15) is 0 Å². The van der Waals surface area contributed by atoms with Crippen LogP contribution in [0.25, 0.3) is 16.6 Å². The summed E-state index contributed by atoms with van der Waals surface area (Å²) in [6, 6.07) is 6.22. The average Bonchev–Trinajstić information content (AvgIpc) is 3.30. The van der Waals surface area contributed by atoms with Gasteiger partial charge in [0.25, 0.3) is 0 Å². The van der Waals surface area contributed by atoms with Gasteiger partial charge in [-0.1, -0.05) is 0 Å². The van der Waals surface area contributed by atoms with Crippen LogP contribution in [0.2, 0.25) is 0 Å². The van der Waals surface area contributed by atoms with E-state index in [1.165, 1.54) is 5.57 Å². The molecule has 1 aliphatic heterocycles. The lowest BCUT2D eigenvalue weighted by Crippen LogP contribution is -2.25. The molecule has 0 amide bonds. The number of fused-ring (bicyclic) bond motifs is 1. The van der Waals surface area contributed by atoms with Crippen molar-refractivity contribution in [1.29, 1.82) is 0 Å². The highest BCUT2D eigenvalue weighted by molar-refractivity contribution is 5.85. The number of rotatable bonds is 5. The molecule has 30 heavy (non-hydrogen) atoms. The molecule has 1 aliphatic carbocycles. The predicted molar refractivity (Wildman–Crippen MR) is 115 cm³/mol. The molecule has 5 rings (SSSR count). The quantitative estimate of drug-likeness (QED) is 0.618. The van der Waals surface area contributed by atoms with Crippen molar-refractivity contribution >= 4 is 16.6 Å². The lowest BCUT2D eigenvalue weighted by Gasteiger charge is -2.29. The molecule has 6 nitrogen and oxygen atoms in total. The number of hydrogen-bond acceptors (Lipinski definition) is 6. The van der Waals surface area contributed by atoms with E-state index in [4.69, 9.17) is 9.47 Å². The Morgan fingerprint density at radius 3 is 2.70 bits per heavy atom. The summed E-state index contributed by atoms with van der Waals surface area (Å²) in [5.74, 6) is 2.33. The van der Waals surface area contributed by atoms with Crippen molar-refractivity contribution < 1.29 is 9.47 Å². The molecule has 0 atom stereocenters. The van der Waals surface area contributed by atoms with Crippen LogP contribution in [0.1, 0.15) is 49.2 Å². The molecule has 6 heteroatoms. The summed E-state index contributed by atoms with van der Waals surface area (Å²) in [7, 11) is 0. The number of benzene rings is 1. The Kier molecular flexibility index (Phi) is 5.30. The van der Waals surface area contributed by atoms with Gasteiger partial charge in [-0.05, 0) is 74.3 Å². The standard InChI is InChI=1S/C24H26N4O2/c1-16-25-8-6-20(28-16)12-17-2-4-21(5-3-17)30-23-14-19(18-7-11-29-15-18)13-22-24(23)27-10-9-26-22/h6,8-10,13-15,17,21H,2-5,7,11-12H2,1H3. The Hall–Kier alpha value is -3.02. The van der Waals surface area contributed by atoms with Gasteiger partial charge in [0, 0.05) is 30.7 Å². The normalized spacial score (nSPS) is 21.3. The first kappa shape index (κ1) is 19.0. The summed E-state index contributed by atoms with van der Waals surface area (Å²) in [6.45, 7) is 2.68. The van der Waals surface area contributed by atoms with Crippen LogP contribution in [0, 0.1) is 12.8 Å². The van der Waals surface area contributed by atoms with E-state index in [0.29, 0.717) is 5.92 Å². The number of nitrogens with zero attached hydrogens (tertiary/aromatic N) is 4. The zero-order valence-corrected chi connectivity index (χ0v) is 17.3. The van der Waals surface area contributed by atoms with Crippen LogP contribution >= 0.6 is 0 Å². The van der Waals surface area contributed by atoms with Crippen molar-refractivity contribution in [3.05, 3.63) is 60.1 Å². The van der Waals surface area contributed by atoms with Crippen molar-refractivity contribution in [1.82, 2.24) is 19.9 Å². The maximum atomic E-state index is 6.49. The van der Waals surface area contributed by atoms with Gasteiger partial charge >= 0.3 is 0 Å². The SMILES string of the molecule is Cc1nccc(CC2CCC(Oc3cc(C4=COCC4)cc4nccnc34)CC2)n1. The van der Waals surface area contributed by atoms with Gasteiger partial charge in [-0.15, -0.1) is 0 Å². The van der Waals surface area contributed by atoms with Crippen molar-refractivity contribution in [2.45, 2.75) is 51.6 Å². The monoisotopic (exact) mass is 402 g/mol. The van der Waals surface area contributed by atoms with Crippen molar-refractivity contribution in [3.8, 4) is 5.75 Å². The second-order valence-corrected chi connectivity index (χ2v) is 8.22. The lowest BCUT2D eigenvalue weighted by atomic mass is 9.84. The van der Waals surface area contributed by atoms with Gasteiger partial charge in [-0.3, -0.25) is 4.98 Å². The summed E-state index contributed by atoms with van der Waals surface area (Å²) < 4.78 is 11.9. The average molecular weight is 402 g/mol. The molecular formula is C24H26N4O2. The number of hydrogen-bond donors (Lipinski definition) is 0. The number of aryl methyl sites for hydroxylation is 1. The minimum Gasteiger partial charge on any atom is -0.501 e. The molecule has 0 bridgehead atoms. The van der Waals surface area contributed by atoms with Gasteiger partial charge in [0.2, 0.25) is 0 Å². The van der Waals surface area contributed by atoms with Gasteiger partial charge in [0.05, 0.1) is 24.5 Å². The maximum Gasteiger partial charge on any atom is 0.148 e. The minimum atomic E-state index is 0.211. The highest BCUT2D eigenvalue weighted by Gasteiger charge is 2.24. The fourth-order valence-electron chi connectivity index (χ4n) is 4.47. The van der Waals surface area contributed by atoms with Crippen LogP contribution in [-0.2, 0) is 11.2 Å². The molecule has 154 valence electrons. The van der Waals surface area contributed by atoms with Crippen LogP contribution < -0.4 is 4.74 Å². The maximum absolute atomic E-state index is 6.49. The van der Waals surface area contributed by atoms with Gasteiger partial charge in [0.1, 0.15) is 17.1 Å². The molecule has 2 aliphatic rings. The van der Waals surface area contributed by atoms with Crippen molar-refractivity contribution in [2.24, 2.45) is 5.92 Å². The molecular weight excluding hydrogens is 376 g/mol. The molecule has 0 N–H and O–H groups in total. The Balaban J connectivity index is 1.29. The van der Waals surface area contributed by atoms with Crippen LogP contribution in [0.15, 0.2) is 43.1 Å². The first-order chi connectivity index (χ1) is 14.7. The first-order valence-electron chi connectivity index (χ1n) is 10.8. The summed E-state index contributed by atoms with van der Waals surface area (Å²) in [5.41, 5.74) is 5.15. The Bertz CT molecular complexity index is 1070. The highest BCUT2D eigenvalue weighted by Crippen LogP contribution is 2.35. The molecule has 1 saturated carbocycles. The van der Waals surface area contributed by atoms with Crippen LogP contribution in [0.4, 0.5) is 0 Å². The smallest absolute Gasteiger partial charge is 0.148 e. The first-order valence-corrected chi connectivity index (χ1v) is 10.8. The zero-order valence-electron chi connectivity index (χ0n) is 17.3. The molecule has 3 heterocycles. The van der Waals surface area contributed by atoms with Crippen LogP contribution in [0.5, 0.6) is 5.75 Å². The highest BCUT2D eigenvalue weighted by atomic mass is 16.5. The van der Waals surface area contributed by atoms with E-state index in [9.17, 15) is 0 Å². The van der Waals surface area contributed by atoms with E-state index in [1.54, 1.807) is 12.4 Å². The largest absolute Gasteiger partial charge is 0.501 e. The second kappa shape index (κ2) is 8.38. The topological polar surface area (TPSA) is 70.0 Å².